The van der Waals surface area contributed by atoms with Crippen molar-refractivity contribution in [1.29, 1.82) is 0 Å². The molecule has 0 aliphatic carbocycles. The fourth-order valence-corrected chi connectivity index (χ4v) is 2.44. The lowest BCUT2D eigenvalue weighted by Gasteiger charge is -2.03. The van der Waals surface area contributed by atoms with Crippen molar-refractivity contribution in [3.05, 3.63) is 42.5 Å². The summed E-state index contributed by atoms with van der Waals surface area (Å²) in [5, 5.41) is 12.0. The first-order chi connectivity index (χ1) is 11.6. The summed E-state index contributed by atoms with van der Waals surface area (Å²) in [6.07, 6.45) is 2.51. The lowest BCUT2D eigenvalue weighted by molar-refractivity contribution is -0.117. The van der Waals surface area contributed by atoms with E-state index in [-0.39, 0.29) is 5.75 Å². The van der Waals surface area contributed by atoms with Crippen molar-refractivity contribution in [3.63, 3.8) is 0 Å². The van der Waals surface area contributed by atoms with Crippen LogP contribution in [0.4, 0.5) is 4.79 Å². The van der Waals surface area contributed by atoms with Crippen molar-refractivity contribution in [2.75, 3.05) is 12.3 Å². The van der Waals surface area contributed by atoms with Crippen LogP contribution < -0.4 is 10.6 Å². The zero-order chi connectivity index (χ0) is 17.4. The molecule has 0 saturated heterocycles. The van der Waals surface area contributed by atoms with Gasteiger partial charge in [0, 0.05) is 12.1 Å². The largest absolute Gasteiger partial charge is 0.334 e. The Morgan fingerprint density at radius 2 is 2.08 bits per heavy atom. The van der Waals surface area contributed by atoms with Crippen LogP contribution in [0.1, 0.15) is 12.5 Å². The van der Waals surface area contributed by atoms with Gasteiger partial charge in [0.25, 0.3) is 0 Å². The smallest absolute Gasteiger partial charge is 0.321 e. The summed E-state index contributed by atoms with van der Waals surface area (Å²) >= 11 is 1.15. The number of carbonyl (C=O) groups excluding carboxylic acids is 2. The van der Waals surface area contributed by atoms with Gasteiger partial charge < -0.3 is 5.32 Å². The van der Waals surface area contributed by atoms with Crippen LogP contribution in [-0.4, -0.2) is 39.4 Å². The van der Waals surface area contributed by atoms with Gasteiger partial charge in [-0.3, -0.25) is 15.2 Å². The molecule has 0 atom stereocenters. The maximum absolute atomic E-state index is 11.7. The Balaban J connectivity index is 1.85. The molecule has 2 rings (SSSR count). The van der Waals surface area contributed by atoms with E-state index in [0.29, 0.717) is 17.5 Å². The van der Waals surface area contributed by atoms with Gasteiger partial charge in [-0.2, -0.15) is 0 Å². The monoisotopic (exact) mass is 345 g/mol. The Morgan fingerprint density at radius 3 is 2.75 bits per heavy atom. The second kappa shape index (κ2) is 8.88. The van der Waals surface area contributed by atoms with Gasteiger partial charge in [-0.25, -0.2) is 9.78 Å². The Hall–Kier alpha value is -2.61. The van der Waals surface area contributed by atoms with Crippen LogP contribution >= 0.6 is 11.8 Å². The van der Waals surface area contributed by atoms with Gasteiger partial charge in [-0.05, 0) is 12.0 Å². The van der Waals surface area contributed by atoms with Crippen molar-refractivity contribution in [2.24, 2.45) is 0 Å². The number of carbonyl (C=O) groups is 2. The molecule has 1 aromatic carbocycles. The molecule has 0 fully saturated rings. The molecule has 0 aliphatic rings. The summed E-state index contributed by atoms with van der Waals surface area (Å²) in [6.45, 7) is 5.87. The summed E-state index contributed by atoms with van der Waals surface area (Å²) in [6, 6.07) is 7.49. The van der Waals surface area contributed by atoms with Crippen molar-refractivity contribution in [2.45, 2.75) is 18.5 Å². The number of imide groups is 1. The first-order valence-corrected chi connectivity index (χ1v) is 8.44. The first-order valence-electron chi connectivity index (χ1n) is 7.45. The van der Waals surface area contributed by atoms with Crippen LogP contribution in [0.15, 0.2) is 42.1 Å². The van der Waals surface area contributed by atoms with E-state index >= 15 is 0 Å². The van der Waals surface area contributed by atoms with Gasteiger partial charge in [0.15, 0.2) is 5.82 Å². The maximum Gasteiger partial charge on any atom is 0.321 e. The standard InChI is InChI=1S/C16H19N5O2S/c1-3-9-17-15(23)18-13(22)10-24-16-19-14(20-21-16)12-7-5-11(4-2)6-8-12/h3,5-8H,1,4,9-10H2,2H3,(H,19,20,21)(H2,17,18,22,23). The molecule has 126 valence electrons. The minimum atomic E-state index is -0.549. The molecule has 3 N–H and O–H groups in total. The zero-order valence-electron chi connectivity index (χ0n) is 13.3. The number of H-pyrrole nitrogens is 1. The van der Waals surface area contributed by atoms with Crippen LogP contribution in [-0.2, 0) is 11.2 Å². The highest BCUT2D eigenvalue weighted by Crippen LogP contribution is 2.19. The third-order valence-corrected chi connectivity index (χ3v) is 3.94. The average Bonchev–Trinajstić information content (AvgIpc) is 3.07. The first kappa shape index (κ1) is 17.7. The number of aromatic nitrogens is 3. The van der Waals surface area contributed by atoms with E-state index in [1.165, 1.54) is 11.6 Å². The van der Waals surface area contributed by atoms with Crippen LogP contribution in [0.3, 0.4) is 0 Å². The number of nitrogens with one attached hydrogen (secondary N) is 3. The summed E-state index contributed by atoms with van der Waals surface area (Å²) in [5.41, 5.74) is 2.18. The number of amides is 3. The van der Waals surface area contributed by atoms with E-state index < -0.39 is 11.9 Å². The normalized spacial score (nSPS) is 10.2. The van der Waals surface area contributed by atoms with E-state index in [9.17, 15) is 9.59 Å². The Morgan fingerprint density at radius 1 is 1.33 bits per heavy atom. The van der Waals surface area contributed by atoms with E-state index in [1.807, 2.05) is 24.3 Å². The topological polar surface area (TPSA) is 99.8 Å². The number of aromatic amines is 1. The molecular weight excluding hydrogens is 326 g/mol. The Kier molecular flexibility index (Phi) is 6.56. The molecule has 7 nitrogen and oxygen atoms in total. The number of hydrogen-bond donors (Lipinski definition) is 3. The van der Waals surface area contributed by atoms with Gasteiger partial charge in [0.2, 0.25) is 11.1 Å². The zero-order valence-corrected chi connectivity index (χ0v) is 14.2. The fraction of sp³-hybridized carbons (Fsp3) is 0.250. The molecule has 0 unspecified atom stereocenters. The molecule has 24 heavy (non-hydrogen) atoms. The molecule has 1 heterocycles. The van der Waals surface area contributed by atoms with E-state index in [0.717, 1.165) is 23.7 Å². The summed E-state index contributed by atoms with van der Waals surface area (Å²) in [5.74, 6) is 0.276. The predicted molar refractivity (Wildman–Crippen MR) is 93.7 cm³/mol. The predicted octanol–water partition coefficient (Wildman–Crippen LogP) is 2.14. The van der Waals surface area contributed by atoms with Crippen LogP contribution in [0.2, 0.25) is 0 Å². The summed E-state index contributed by atoms with van der Waals surface area (Å²) in [4.78, 5) is 27.3. The van der Waals surface area contributed by atoms with E-state index in [2.05, 4.69) is 39.3 Å². The molecule has 0 saturated carbocycles. The average molecular weight is 345 g/mol. The van der Waals surface area contributed by atoms with Gasteiger partial charge in [0.1, 0.15) is 0 Å². The summed E-state index contributed by atoms with van der Waals surface area (Å²) < 4.78 is 0. The third kappa shape index (κ3) is 5.24. The highest BCUT2D eigenvalue weighted by atomic mass is 32.2. The van der Waals surface area contributed by atoms with E-state index in [4.69, 9.17) is 0 Å². The highest BCUT2D eigenvalue weighted by Gasteiger charge is 2.11. The van der Waals surface area contributed by atoms with Gasteiger partial charge in [0.05, 0.1) is 5.75 Å². The van der Waals surface area contributed by atoms with Crippen LogP contribution in [0, 0.1) is 0 Å². The quantitative estimate of drug-likeness (QED) is 0.527. The molecule has 3 amide bonds. The van der Waals surface area contributed by atoms with Gasteiger partial charge in [-0.15, -0.1) is 11.7 Å². The molecule has 0 radical (unpaired) electrons. The molecule has 2 aromatic rings. The molecule has 8 heteroatoms. The number of thioether (sulfide) groups is 1. The highest BCUT2D eigenvalue weighted by molar-refractivity contribution is 7.99. The van der Waals surface area contributed by atoms with Crippen molar-refractivity contribution in [1.82, 2.24) is 25.8 Å². The minimum absolute atomic E-state index is 0.0492. The fourth-order valence-electron chi connectivity index (χ4n) is 1.84. The Bertz CT molecular complexity index is 712. The lowest BCUT2D eigenvalue weighted by Crippen LogP contribution is -2.40. The SMILES string of the molecule is C=CCNC(=O)NC(=O)CSc1n[nH]c(-c2ccc(CC)cc2)n1. The second-order valence-corrected chi connectivity index (χ2v) is 5.80. The minimum Gasteiger partial charge on any atom is -0.334 e. The van der Waals surface area contributed by atoms with Gasteiger partial charge in [-0.1, -0.05) is 49.0 Å². The number of aryl methyl sites for hydroxylation is 1. The second-order valence-electron chi connectivity index (χ2n) is 4.85. The lowest BCUT2D eigenvalue weighted by atomic mass is 10.1. The summed E-state index contributed by atoms with van der Waals surface area (Å²) in [7, 11) is 0. The molecule has 0 spiro atoms. The van der Waals surface area contributed by atoms with Gasteiger partial charge >= 0.3 is 6.03 Å². The van der Waals surface area contributed by atoms with Crippen molar-refractivity contribution < 1.29 is 9.59 Å². The molecule has 1 aromatic heterocycles. The van der Waals surface area contributed by atoms with Crippen LogP contribution in [0.25, 0.3) is 11.4 Å². The third-order valence-electron chi connectivity index (χ3n) is 3.09. The number of rotatable bonds is 7. The number of benzene rings is 1. The van der Waals surface area contributed by atoms with Crippen LogP contribution in [0.5, 0.6) is 0 Å². The Labute approximate surface area is 144 Å². The number of nitrogens with zero attached hydrogens (tertiary/aromatic N) is 2. The van der Waals surface area contributed by atoms with E-state index in [1.54, 1.807) is 0 Å². The molecule has 0 aliphatic heterocycles. The van der Waals surface area contributed by atoms with Crippen molar-refractivity contribution in [3.8, 4) is 11.4 Å². The molecular formula is C16H19N5O2S. The number of hydrogen-bond acceptors (Lipinski definition) is 5. The maximum atomic E-state index is 11.7. The van der Waals surface area contributed by atoms with Crippen molar-refractivity contribution >= 4 is 23.7 Å². The number of urea groups is 1. The molecule has 0 bridgehead atoms.